The standard InChI is InChI=1S/C24H30N4O/c1-17-10-12-22(13-11-17)28-16-21(15-27(6)19(3)24(29)26(4)5)23(25-28)20-9-7-8-18(2)14-20/h7-14,16,19H,15H2,1-6H3. The molecule has 0 saturated heterocycles. The van der Waals surface area contributed by atoms with Crippen LogP contribution in [0.15, 0.2) is 54.7 Å². The van der Waals surface area contributed by atoms with E-state index < -0.39 is 0 Å². The van der Waals surface area contributed by atoms with Gasteiger partial charge in [0.25, 0.3) is 0 Å². The fraction of sp³-hybridized carbons (Fsp3) is 0.333. The van der Waals surface area contributed by atoms with E-state index in [0.717, 1.165) is 22.5 Å². The minimum Gasteiger partial charge on any atom is -0.347 e. The molecule has 0 N–H and O–H groups in total. The average molecular weight is 391 g/mol. The van der Waals surface area contributed by atoms with Gasteiger partial charge in [0.15, 0.2) is 0 Å². The number of aromatic nitrogens is 2. The van der Waals surface area contributed by atoms with Crippen molar-refractivity contribution in [1.29, 1.82) is 0 Å². The van der Waals surface area contributed by atoms with Gasteiger partial charge in [0.2, 0.25) is 5.91 Å². The predicted octanol–water partition coefficient (Wildman–Crippen LogP) is 4.06. The molecule has 0 fully saturated rings. The summed E-state index contributed by atoms with van der Waals surface area (Å²) in [5.74, 6) is 0.0931. The summed E-state index contributed by atoms with van der Waals surface area (Å²) < 4.78 is 1.93. The number of aryl methyl sites for hydroxylation is 2. The predicted molar refractivity (Wildman–Crippen MR) is 118 cm³/mol. The molecule has 3 aromatic rings. The van der Waals surface area contributed by atoms with Gasteiger partial charge in [-0.25, -0.2) is 4.68 Å². The molecule has 2 aromatic carbocycles. The van der Waals surface area contributed by atoms with E-state index >= 15 is 0 Å². The van der Waals surface area contributed by atoms with Gasteiger partial charge in [0.05, 0.1) is 17.4 Å². The van der Waals surface area contributed by atoms with Gasteiger partial charge in [-0.3, -0.25) is 9.69 Å². The number of carbonyl (C=O) groups is 1. The van der Waals surface area contributed by atoms with E-state index in [9.17, 15) is 4.79 Å². The summed E-state index contributed by atoms with van der Waals surface area (Å²) >= 11 is 0. The molecular weight excluding hydrogens is 360 g/mol. The Labute approximate surface area is 173 Å². The zero-order valence-electron chi connectivity index (χ0n) is 18.2. The normalized spacial score (nSPS) is 12.2. The fourth-order valence-corrected chi connectivity index (χ4v) is 3.36. The number of nitrogens with zero attached hydrogens (tertiary/aromatic N) is 4. The lowest BCUT2D eigenvalue weighted by Crippen LogP contribution is -2.42. The van der Waals surface area contributed by atoms with Crippen molar-refractivity contribution in [2.75, 3.05) is 21.1 Å². The van der Waals surface area contributed by atoms with Crippen LogP contribution in [0.2, 0.25) is 0 Å². The topological polar surface area (TPSA) is 41.4 Å². The molecule has 3 rings (SSSR count). The molecule has 5 nitrogen and oxygen atoms in total. The fourth-order valence-electron chi connectivity index (χ4n) is 3.36. The van der Waals surface area contributed by atoms with Gasteiger partial charge in [-0.1, -0.05) is 41.5 Å². The molecule has 5 heteroatoms. The minimum atomic E-state index is -0.210. The molecule has 0 aliphatic heterocycles. The van der Waals surface area contributed by atoms with Crippen LogP contribution in [-0.4, -0.2) is 52.7 Å². The second-order valence-corrected chi connectivity index (χ2v) is 7.98. The number of likely N-dealkylation sites (N-methyl/N-ethyl adjacent to an activating group) is 2. The molecule has 0 saturated carbocycles. The summed E-state index contributed by atoms with van der Waals surface area (Å²) in [5.41, 5.74) is 6.57. The van der Waals surface area contributed by atoms with Crippen molar-refractivity contribution in [3.05, 3.63) is 71.4 Å². The Morgan fingerprint density at radius 2 is 1.72 bits per heavy atom. The third-order valence-electron chi connectivity index (χ3n) is 5.26. The van der Waals surface area contributed by atoms with Crippen LogP contribution < -0.4 is 0 Å². The molecule has 1 aromatic heterocycles. The molecule has 0 bridgehead atoms. The number of amides is 1. The third-order valence-corrected chi connectivity index (χ3v) is 5.26. The number of benzene rings is 2. The molecule has 1 amide bonds. The molecule has 152 valence electrons. The van der Waals surface area contributed by atoms with Gasteiger partial charge in [0, 0.05) is 38.0 Å². The van der Waals surface area contributed by atoms with Crippen molar-refractivity contribution < 1.29 is 4.79 Å². The van der Waals surface area contributed by atoms with Gasteiger partial charge in [-0.05, 0) is 46.0 Å². The quantitative estimate of drug-likeness (QED) is 0.637. The van der Waals surface area contributed by atoms with E-state index in [1.165, 1.54) is 11.1 Å². The highest BCUT2D eigenvalue weighted by Crippen LogP contribution is 2.26. The van der Waals surface area contributed by atoms with Crippen LogP contribution in [0, 0.1) is 13.8 Å². The van der Waals surface area contributed by atoms with E-state index in [4.69, 9.17) is 5.10 Å². The van der Waals surface area contributed by atoms with E-state index in [2.05, 4.69) is 73.5 Å². The van der Waals surface area contributed by atoms with Crippen LogP contribution in [0.5, 0.6) is 0 Å². The first kappa shape index (κ1) is 20.8. The number of hydrogen-bond donors (Lipinski definition) is 0. The molecule has 0 radical (unpaired) electrons. The monoisotopic (exact) mass is 390 g/mol. The lowest BCUT2D eigenvalue weighted by atomic mass is 10.1. The summed E-state index contributed by atoms with van der Waals surface area (Å²) in [7, 11) is 5.57. The summed E-state index contributed by atoms with van der Waals surface area (Å²) in [5, 5.41) is 4.91. The first-order valence-corrected chi connectivity index (χ1v) is 9.90. The highest BCUT2D eigenvalue weighted by atomic mass is 16.2. The molecule has 1 heterocycles. The summed E-state index contributed by atoms with van der Waals surface area (Å²) in [6, 6.07) is 16.5. The van der Waals surface area contributed by atoms with Crippen LogP contribution in [0.25, 0.3) is 16.9 Å². The van der Waals surface area contributed by atoms with Crippen LogP contribution >= 0.6 is 0 Å². The van der Waals surface area contributed by atoms with E-state index in [1.54, 1.807) is 19.0 Å². The van der Waals surface area contributed by atoms with Crippen LogP contribution in [0.1, 0.15) is 23.6 Å². The highest BCUT2D eigenvalue weighted by molar-refractivity contribution is 5.81. The minimum absolute atomic E-state index is 0.0931. The molecule has 0 aliphatic rings. The van der Waals surface area contributed by atoms with E-state index in [1.807, 2.05) is 18.7 Å². The first-order chi connectivity index (χ1) is 13.8. The maximum atomic E-state index is 12.4. The Morgan fingerprint density at radius 1 is 1.03 bits per heavy atom. The Hall–Kier alpha value is -2.92. The van der Waals surface area contributed by atoms with Gasteiger partial charge in [-0.15, -0.1) is 0 Å². The van der Waals surface area contributed by atoms with Crippen molar-refractivity contribution >= 4 is 5.91 Å². The molecule has 1 atom stereocenters. The zero-order chi connectivity index (χ0) is 21.1. The van der Waals surface area contributed by atoms with Crippen LogP contribution in [-0.2, 0) is 11.3 Å². The van der Waals surface area contributed by atoms with Crippen molar-refractivity contribution in [3.8, 4) is 16.9 Å². The lowest BCUT2D eigenvalue weighted by Gasteiger charge is -2.26. The Bertz CT molecular complexity index is 988. The summed E-state index contributed by atoms with van der Waals surface area (Å²) in [6.45, 7) is 6.74. The largest absolute Gasteiger partial charge is 0.347 e. The number of rotatable bonds is 6. The van der Waals surface area contributed by atoms with Crippen molar-refractivity contribution in [3.63, 3.8) is 0 Å². The Kier molecular flexibility index (Phi) is 6.18. The molecule has 0 spiro atoms. The summed E-state index contributed by atoms with van der Waals surface area (Å²) in [4.78, 5) is 16.1. The third kappa shape index (κ3) is 4.74. The van der Waals surface area contributed by atoms with E-state index in [0.29, 0.717) is 6.54 Å². The van der Waals surface area contributed by atoms with Gasteiger partial charge in [0.1, 0.15) is 0 Å². The lowest BCUT2D eigenvalue weighted by molar-refractivity contribution is -0.133. The van der Waals surface area contributed by atoms with Crippen molar-refractivity contribution in [2.24, 2.45) is 0 Å². The molecule has 0 aliphatic carbocycles. The van der Waals surface area contributed by atoms with Gasteiger partial charge < -0.3 is 4.90 Å². The van der Waals surface area contributed by atoms with Crippen LogP contribution in [0.4, 0.5) is 0 Å². The maximum Gasteiger partial charge on any atom is 0.239 e. The van der Waals surface area contributed by atoms with Crippen molar-refractivity contribution in [1.82, 2.24) is 19.6 Å². The first-order valence-electron chi connectivity index (χ1n) is 9.90. The van der Waals surface area contributed by atoms with Gasteiger partial charge >= 0.3 is 0 Å². The number of carbonyl (C=O) groups excluding carboxylic acids is 1. The molecular formula is C24H30N4O. The van der Waals surface area contributed by atoms with E-state index in [-0.39, 0.29) is 11.9 Å². The molecule has 1 unspecified atom stereocenters. The second kappa shape index (κ2) is 8.62. The molecule has 29 heavy (non-hydrogen) atoms. The Balaban J connectivity index is 1.99. The number of hydrogen-bond acceptors (Lipinski definition) is 3. The SMILES string of the molecule is Cc1ccc(-n2cc(CN(C)C(C)C(=O)N(C)C)c(-c3cccc(C)c3)n2)cc1. The maximum absolute atomic E-state index is 12.4. The van der Waals surface area contributed by atoms with Crippen LogP contribution in [0.3, 0.4) is 0 Å². The second-order valence-electron chi connectivity index (χ2n) is 7.98. The Morgan fingerprint density at radius 3 is 2.34 bits per heavy atom. The smallest absolute Gasteiger partial charge is 0.239 e. The average Bonchev–Trinajstić information content (AvgIpc) is 3.11. The zero-order valence-corrected chi connectivity index (χ0v) is 18.2. The highest BCUT2D eigenvalue weighted by Gasteiger charge is 2.22. The van der Waals surface area contributed by atoms with Crippen molar-refractivity contribution in [2.45, 2.75) is 33.4 Å². The summed E-state index contributed by atoms with van der Waals surface area (Å²) in [6.07, 6.45) is 2.08. The van der Waals surface area contributed by atoms with Gasteiger partial charge in [-0.2, -0.15) is 5.10 Å².